The molecular weight excluding hydrogens is 282 g/mol. The molecule has 0 spiro atoms. The Morgan fingerprint density at radius 3 is 2.43 bits per heavy atom. The maximum atomic E-state index is 12.3. The van der Waals surface area contributed by atoms with E-state index in [4.69, 9.17) is 0 Å². The quantitative estimate of drug-likeness (QED) is 0.624. The molecule has 0 unspecified atom stereocenters. The molecule has 0 aliphatic heterocycles. The molecule has 0 radical (unpaired) electrons. The van der Waals surface area contributed by atoms with Gasteiger partial charge in [0, 0.05) is 16.0 Å². The lowest BCUT2D eigenvalue weighted by Crippen LogP contribution is -2.12. The van der Waals surface area contributed by atoms with Gasteiger partial charge in [0.15, 0.2) is 0 Å². The van der Waals surface area contributed by atoms with Crippen molar-refractivity contribution in [2.45, 2.75) is 4.90 Å². The summed E-state index contributed by atoms with van der Waals surface area (Å²) in [5.41, 5.74) is 0.911. The van der Waals surface area contributed by atoms with Crippen LogP contribution in [0, 0.1) is 0 Å². The summed E-state index contributed by atoms with van der Waals surface area (Å²) in [6.45, 7) is 0. The lowest BCUT2D eigenvalue weighted by molar-refractivity contribution is 0.102. The van der Waals surface area contributed by atoms with Gasteiger partial charge in [-0.15, -0.1) is 12.6 Å². The number of fused-ring (bicyclic) bond motifs is 1. The number of phenolic OH excluding ortho intramolecular Hbond substituents is 1. The van der Waals surface area contributed by atoms with E-state index in [1.807, 2.05) is 24.3 Å². The average molecular weight is 295 g/mol. The first-order chi connectivity index (χ1) is 10.1. The van der Waals surface area contributed by atoms with Gasteiger partial charge in [0.2, 0.25) is 0 Å². The third-order valence-electron chi connectivity index (χ3n) is 3.27. The molecular formula is C17H13NO2S. The van der Waals surface area contributed by atoms with Gasteiger partial charge < -0.3 is 10.4 Å². The zero-order valence-corrected chi connectivity index (χ0v) is 12.0. The third-order valence-corrected chi connectivity index (χ3v) is 3.57. The highest BCUT2D eigenvalue weighted by molar-refractivity contribution is 7.80. The van der Waals surface area contributed by atoms with Crippen LogP contribution in [-0.4, -0.2) is 11.0 Å². The monoisotopic (exact) mass is 295 g/mol. The Morgan fingerprint density at radius 1 is 0.952 bits per heavy atom. The Morgan fingerprint density at radius 2 is 1.67 bits per heavy atom. The summed E-state index contributed by atoms with van der Waals surface area (Å²) in [5, 5.41) is 14.6. The Balaban J connectivity index is 1.94. The number of rotatable bonds is 2. The van der Waals surface area contributed by atoms with E-state index < -0.39 is 0 Å². The van der Waals surface area contributed by atoms with Crippen molar-refractivity contribution in [1.29, 1.82) is 0 Å². The van der Waals surface area contributed by atoms with Crippen LogP contribution < -0.4 is 5.32 Å². The van der Waals surface area contributed by atoms with Crippen molar-refractivity contribution in [2.75, 3.05) is 5.32 Å². The number of carbonyl (C=O) groups excluding carboxylic acids is 1. The van der Waals surface area contributed by atoms with E-state index in [0.29, 0.717) is 11.1 Å². The van der Waals surface area contributed by atoms with Crippen molar-refractivity contribution < 1.29 is 9.90 Å². The molecule has 21 heavy (non-hydrogen) atoms. The van der Waals surface area contributed by atoms with E-state index in [-0.39, 0.29) is 17.2 Å². The van der Waals surface area contributed by atoms with Gasteiger partial charge in [-0.2, -0.15) is 0 Å². The van der Waals surface area contributed by atoms with Crippen LogP contribution in [0.25, 0.3) is 10.8 Å². The number of hydrogen-bond donors (Lipinski definition) is 3. The zero-order valence-electron chi connectivity index (χ0n) is 11.1. The van der Waals surface area contributed by atoms with E-state index in [2.05, 4.69) is 17.9 Å². The molecule has 0 aliphatic rings. The third kappa shape index (κ3) is 2.71. The van der Waals surface area contributed by atoms with E-state index in [9.17, 15) is 9.90 Å². The Bertz CT molecular complexity index is 813. The van der Waals surface area contributed by atoms with Crippen LogP contribution in [-0.2, 0) is 0 Å². The van der Waals surface area contributed by atoms with Crippen LogP contribution in [0.4, 0.5) is 5.69 Å². The van der Waals surface area contributed by atoms with Gasteiger partial charge >= 0.3 is 0 Å². The molecule has 2 N–H and O–H groups in total. The molecule has 1 amide bonds. The predicted molar refractivity (Wildman–Crippen MR) is 87.3 cm³/mol. The van der Waals surface area contributed by atoms with Crippen molar-refractivity contribution in [3.63, 3.8) is 0 Å². The molecule has 0 atom stereocenters. The summed E-state index contributed by atoms with van der Waals surface area (Å²) in [4.78, 5) is 13.1. The first kappa shape index (κ1) is 13.5. The molecule has 3 nitrogen and oxygen atoms in total. The fourth-order valence-corrected chi connectivity index (χ4v) is 2.33. The first-order valence-electron chi connectivity index (χ1n) is 6.46. The second-order valence-electron chi connectivity index (χ2n) is 4.68. The molecule has 0 aliphatic carbocycles. The van der Waals surface area contributed by atoms with Crippen LogP contribution in [0.2, 0.25) is 0 Å². The molecule has 3 rings (SSSR count). The maximum absolute atomic E-state index is 12.3. The minimum Gasteiger partial charge on any atom is -0.506 e. The standard InChI is InChI=1S/C17H13NO2S/c19-16-14-4-2-1-3-11(14)5-10-15(16)17(20)18-12-6-8-13(21)9-7-12/h1-10,19,21H,(H,18,20). The van der Waals surface area contributed by atoms with Crippen molar-refractivity contribution in [2.24, 2.45) is 0 Å². The van der Waals surface area contributed by atoms with Gasteiger partial charge in [-0.3, -0.25) is 4.79 Å². The minimum atomic E-state index is -0.342. The summed E-state index contributed by atoms with van der Waals surface area (Å²) in [7, 11) is 0. The summed E-state index contributed by atoms with van der Waals surface area (Å²) < 4.78 is 0. The molecule has 4 heteroatoms. The summed E-state index contributed by atoms with van der Waals surface area (Å²) in [5.74, 6) is -0.346. The second kappa shape index (κ2) is 5.50. The molecule has 3 aromatic carbocycles. The Labute approximate surface area is 127 Å². The number of carbonyl (C=O) groups is 1. The van der Waals surface area contributed by atoms with Crippen molar-refractivity contribution in [3.8, 4) is 5.75 Å². The topological polar surface area (TPSA) is 49.3 Å². The highest BCUT2D eigenvalue weighted by atomic mass is 32.1. The van der Waals surface area contributed by atoms with Gasteiger partial charge in [-0.1, -0.05) is 30.3 Å². The summed E-state index contributed by atoms with van der Waals surface area (Å²) >= 11 is 4.20. The normalized spacial score (nSPS) is 10.5. The van der Waals surface area contributed by atoms with Crippen LogP contribution in [0.5, 0.6) is 5.75 Å². The molecule has 104 valence electrons. The molecule has 3 aromatic rings. The molecule has 0 saturated carbocycles. The molecule has 0 aromatic heterocycles. The van der Waals surface area contributed by atoms with E-state index in [1.165, 1.54) is 0 Å². The number of thiol groups is 1. The SMILES string of the molecule is O=C(Nc1ccc(S)cc1)c1ccc2ccccc2c1O. The fraction of sp³-hybridized carbons (Fsp3) is 0. The summed E-state index contributed by atoms with van der Waals surface area (Å²) in [6, 6.07) is 17.9. The van der Waals surface area contributed by atoms with Crippen molar-refractivity contribution in [1.82, 2.24) is 0 Å². The van der Waals surface area contributed by atoms with Crippen molar-refractivity contribution in [3.05, 3.63) is 66.2 Å². The molecule has 0 bridgehead atoms. The highest BCUT2D eigenvalue weighted by Gasteiger charge is 2.13. The Hall–Kier alpha value is -2.46. The Kier molecular flexibility index (Phi) is 3.54. The molecule has 0 heterocycles. The lowest BCUT2D eigenvalue weighted by atomic mass is 10.0. The summed E-state index contributed by atoms with van der Waals surface area (Å²) in [6.07, 6.45) is 0. The van der Waals surface area contributed by atoms with Crippen LogP contribution in [0.1, 0.15) is 10.4 Å². The average Bonchev–Trinajstić information content (AvgIpc) is 2.50. The largest absolute Gasteiger partial charge is 0.506 e. The number of anilines is 1. The first-order valence-corrected chi connectivity index (χ1v) is 6.91. The zero-order chi connectivity index (χ0) is 14.8. The van der Waals surface area contributed by atoms with Gasteiger partial charge in [-0.05, 0) is 35.7 Å². The fourth-order valence-electron chi connectivity index (χ4n) is 2.18. The smallest absolute Gasteiger partial charge is 0.259 e. The number of hydrogen-bond acceptors (Lipinski definition) is 3. The van der Waals surface area contributed by atoms with Gasteiger partial charge in [0.1, 0.15) is 5.75 Å². The van der Waals surface area contributed by atoms with E-state index in [0.717, 1.165) is 10.3 Å². The number of amides is 1. The number of phenols is 1. The van der Waals surface area contributed by atoms with Gasteiger partial charge in [0.25, 0.3) is 5.91 Å². The van der Waals surface area contributed by atoms with Crippen LogP contribution >= 0.6 is 12.6 Å². The predicted octanol–water partition coefficient (Wildman–Crippen LogP) is 4.09. The van der Waals surface area contributed by atoms with Crippen LogP contribution in [0.15, 0.2) is 65.6 Å². The maximum Gasteiger partial charge on any atom is 0.259 e. The number of aromatic hydroxyl groups is 1. The van der Waals surface area contributed by atoms with E-state index >= 15 is 0 Å². The minimum absolute atomic E-state index is 0.00332. The second-order valence-corrected chi connectivity index (χ2v) is 5.20. The molecule has 0 saturated heterocycles. The lowest BCUT2D eigenvalue weighted by Gasteiger charge is -2.09. The van der Waals surface area contributed by atoms with Gasteiger partial charge in [-0.25, -0.2) is 0 Å². The molecule has 0 fully saturated rings. The van der Waals surface area contributed by atoms with Gasteiger partial charge in [0.05, 0.1) is 5.56 Å². The number of nitrogens with one attached hydrogen (secondary N) is 1. The number of benzene rings is 3. The van der Waals surface area contributed by atoms with E-state index in [1.54, 1.807) is 36.4 Å². The highest BCUT2D eigenvalue weighted by Crippen LogP contribution is 2.29. The van der Waals surface area contributed by atoms with Crippen molar-refractivity contribution >= 4 is 35.0 Å². The van der Waals surface area contributed by atoms with Crippen LogP contribution in [0.3, 0.4) is 0 Å².